The fourth-order valence-corrected chi connectivity index (χ4v) is 2.80. The van der Waals surface area contributed by atoms with Crippen LogP contribution >= 0.6 is 0 Å². The summed E-state index contributed by atoms with van der Waals surface area (Å²) < 4.78 is 21.8. The van der Waals surface area contributed by atoms with Crippen molar-refractivity contribution < 1.29 is 13.7 Å². The first-order valence-corrected chi connectivity index (χ1v) is 8.02. The molecule has 6 nitrogen and oxygen atoms in total. The number of aromatic nitrogens is 2. The Morgan fingerprint density at radius 3 is 2.80 bits per heavy atom. The molecule has 2 aromatic heterocycles. The molecular formula is C19H18N4O2. The van der Waals surface area contributed by atoms with E-state index in [-0.39, 0.29) is 17.4 Å². The SMILES string of the molecule is [2H]C([2H])([2H])NC(=O)c1cnc(NC(=O)C2CC2)c2[nH]c(-c3ccccc3)cc12. The van der Waals surface area contributed by atoms with E-state index in [1.807, 2.05) is 35.6 Å². The highest BCUT2D eigenvalue weighted by Crippen LogP contribution is 2.33. The highest BCUT2D eigenvalue weighted by Gasteiger charge is 2.30. The molecule has 0 atom stereocenters. The van der Waals surface area contributed by atoms with Gasteiger partial charge in [-0.05, 0) is 24.5 Å². The Kier molecular flexibility index (Phi) is 2.96. The van der Waals surface area contributed by atoms with Crippen LogP contribution in [0, 0.1) is 5.92 Å². The lowest BCUT2D eigenvalue weighted by atomic mass is 10.1. The predicted octanol–water partition coefficient (Wildman–Crippen LogP) is 2.94. The number of carbonyl (C=O) groups is 2. The minimum Gasteiger partial charge on any atom is -0.355 e. The largest absolute Gasteiger partial charge is 0.355 e. The molecule has 1 aliphatic rings. The van der Waals surface area contributed by atoms with Gasteiger partial charge in [-0.25, -0.2) is 4.98 Å². The van der Waals surface area contributed by atoms with Gasteiger partial charge < -0.3 is 15.6 Å². The van der Waals surface area contributed by atoms with E-state index in [9.17, 15) is 9.59 Å². The van der Waals surface area contributed by atoms with Gasteiger partial charge in [-0.15, -0.1) is 0 Å². The number of pyridine rings is 1. The van der Waals surface area contributed by atoms with Crippen molar-refractivity contribution >= 4 is 28.5 Å². The van der Waals surface area contributed by atoms with Crippen LogP contribution in [0.2, 0.25) is 0 Å². The smallest absolute Gasteiger partial charge is 0.253 e. The number of amides is 2. The zero-order valence-corrected chi connectivity index (χ0v) is 13.3. The second kappa shape index (κ2) is 6.05. The molecule has 3 N–H and O–H groups in total. The number of anilines is 1. The highest BCUT2D eigenvalue weighted by molar-refractivity contribution is 6.11. The monoisotopic (exact) mass is 337 g/mol. The van der Waals surface area contributed by atoms with Gasteiger partial charge in [0.2, 0.25) is 5.91 Å². The fourth-order valence-electron chi connectivity index (χ4n) is 2.80. The van der Waals surface area contributed by atoms with Crippen molar-refractivity contribution in [1.29, 1.82) is 0 Å². The summed E-state index contributed by atoms with van der Waals surface area (Å²) >= 11 is 0. The van der Waals surface area contributed by atoms with Crippen molar-refractivity contribution in [3.63, 3.8) is 0 Å². The van der Waals surface area contributed by atoms with Crippen LogP contribution in [-0.2, 0) is 4.79 Å². The van der Waals surface area contributed by atoms with Crippen molar-refractivity contribution in [3.05, 3.63) is 48.2 Å². The number of aromatic amines is 1. The molecule has 0 unspecified atom stereocenters. The Labute approximate surface area is 148 Å². The van der Waals surface area contributed by atoms with Gasteiger partial charge in [0.25, 0.3) is 5.91 Å². The van der Waals surface area contributed by atoms with E-state index in [4.69, 9.17) is 4.11 Å². The Bertz CT molecular complexity index is 1060. The van der Waals surface area contributed by atoms with E-state index in [1.54, 1.807) is 6.07 Å². The first kappa shape index (κ1) is 12.2. The molecule has 3 aromatic rings. The van der Waals surface area contributed by atoms with Gasteiger partial charge in [0.05, 0.1) is 11.1 Å². The topological polar surface area (TPSA) is 86.9 Å². The minimum atomic E-state index is -2.61. The van der Waals surface area contributed by atoms with Crippen LogP contribution in [-0.4, -0.2) is 28.8 Å². The Morgan fingerprint density at radius 2 is 2.08 bits per heavy atom. The van der Waals surface area contributed by atoms with Crippen molar-refractivity contribution in [2.75, 3.05) is 12.3 Å². The Hall–Kier alpha value is -3.15. The maximum atomic E-state index is 12.5. The van der Waals surface area contributed by atoms with Crippen molar-refractivity contribution in [2.45, 2.75) is 12.8 Å². The molecule has 0 aliphatic heterocycles. The number of benzene rings is 1. The van der Waals surface area contributed by atoms with E-state index >= 15 is 0 Å². The van der Waals surface area contributed by atoms with E-state index in [2.05, 4.69) is 15.3 Å². The molecule has 1 aliphatic carbocycles. The van der Waals surface area contributed by atoms with Gasteiger partial charge in [0.1, 0.15) is 0 Å². The van der Waals surface area contributed by atoms with E-state index in [1.165, 1.54) is 6.20 Å². The second-order valence-corrected chi connectivity index (χ2v) is 6.08. The molecule has 1 fully saturated rings. The Morgan fingerprint density at radius 1 is 1.28 bits per heavy atom. The fraction of sp³-hybridized carbons (Fsp3) is 0.211. The normalized spacial score (nSPS) is 15.9. The summed E-state index contributed by atoms with van der Waals surface area (Å²) in [5, 5.41) is 5.27. The van der Waals surface area contributed by atoms with Crippen LogP contribution in [0.15, 0.2) is 42.6 Å². The van der Waals surface area contributed by atoms with Crippen LogP contribution in [0.4, 0.5) is 5.82 Å². The molecule has 1 saturated carbocycles. The van der Waals surface area contributed by atoms with Crippen LogP contribution < -0.4 is 10.6 Å². The van der Waals surface area contributed by atoms with Gasteiger partial charge in [0, 0.05) is 34.3 Å². The van der Waals surface area contributed by atoms with Gasteiger partial charge in [0.15, 0.2) is 5.82 Å². The molecule has 0 spiro atoms. The van der Waals surface area contributed by atoms with Crippen LogP contribution in [0.25, 0.3) is 22.2 Å². The first-order valence-electron chi connectivity index (χ1n) is 9.52. The number of hydrogen-bond donors (Lipinski definition) is 3. The number of nitrogens with zero attached hydrogens (tertiary/aromatic N) is 1. The third-order valence-corrected chi connectivity index (χ3v) is 4.30. The number of hydrogen-bond acceptors (Lipinski definition) is 3. The third-order valence-electron chi connectivity index (χ3n) is 4.30. The third kappa shape index (κ3) is 2.87. The molecule has 25 heavy (non-hydrogen) atoms. The molecule has 0 bridgehead atoms. The summed E-state index contributed by atoms with van der Waals surface area (Å²) in [7, 11) is 0. The van der Waals surface area contributed by atoms with E-state index in [0.29, 0.717) is 16.7 Å². The molecule has 6 heteroatoms. The maximum absolute atomic E-state index is 12.5. The molecule has 0 radical (unpaired) electrons. The zero-order valence-electron chi connectivity index (χ0n) is 16.3. The second-order valence-electron chi connectivity index (χ2n) is 6.08. The summed E-state index contributed by atoms with van der Waals surface area (Å²) in [6.45, 7) is -2.61. The molecule has 0 saturated heterocycles. The van der Waals surface area contributed by atoms with Gasteiger partial charge in [-0.1, -0.05) is 30.3 Å². The highest BCUT2D eigenvalue weighted by atomic mass is 16.2. The number of fused-ring (bicyclic) bond motifs is 1. The van der Waals surface area contributed by atoms with E-state index < -0.39 is 12.9 Å². The van der Waals surface area contributed by atoms with Crippen LogP contribution in [0.3, 0.4) is 0 Å². The summed E-state index contributed by atoms with van der Waals surface area (Å²) in [5.41, 5.74) is 2.22. The lowest BCUT2D eigenvalue weighted by molar-refractivity contribution is -0.117. The lowest BCUT2D eigenvalue weighted by Gasteiger charge is -2.07. The van der Waals surface area contributed by atoms with Gasteiger partial charge >= 0.3 is 0 Å². The van der Waals surface area contributed by atoms with E-state index in [0.717, 1.165) is 24.1 Å². The number of rotatable bonds is 4. The quantitative estimate of drug-likeness (QED) is 0.684. The van der Waals surface area contributed by atoms with Crippen LogP contribution in [0.5, 0.6) is 0 Å². The Balaban J connectivity index is 1.80. The average molecular weight is 337 g/mol. The standard InChI is InChI=1S/C19H18N4O2/c1-20-19(25)14-10-21-17(23-18(24)12-7-8-12)16-13(14)9-15(22-16)11-5-3-2-4-6-11/h2-6,9-10,12,22H,7-8H2,1H3,(H,20,25)(H,21,23,24)/i1D3. The number of carbonyl (C=O) groups excluding carboxylic acids is 2. The summed E-state index contributed by atoms with van der Waals surface area (Å²) in [5.74, 6) is -0.543. The molecule has 4 rings (SSSR count). The summed E-state index contributed by atoms with van der Waals surface area (Å²) in [6, 6.07) is 11.2. The molecule has 2 heterocycles. The molecule has 2 amide bonds. The van der Waals surface area contributed by atoms with Crippen molar-refractivity contribution in [3.8, 4) is 11.3 Å². The maximum Gasteiger partial charge on any atom is 0.253 e. The van der Waals surface area contributed by atoms with Gasteiger partial charge in [-0.2, -0.15) is 0 Å². The zero-order chi connectivity index (χ0) is 19.9. The molecule has 1 aromatic carbocycles. The molecule has 126 valence electrons. The summed E-state index contributed by atoms with van der Waals surface area (Å²) in [4.78, 5) is 32.1. The summed E-state index contributed by atoms with van der Waals surface area (Å²) in [6.07, 6.45) is 3.00. The average Bonchev–Trinajstić information content (AvgIpc) is 3.39. The first-order chi connectivity index (χ1) is 13.3. The number of nitrogens with one attached hydrogen (secondary N) is 3. The number of H-pyrrole nitrogens is 1. The van der Waals surface area contributed by atoms with Crippen LogP contribution in [0.1, 0.15) is 27.3 Å². The lowest BCUT2D eigenvalue weighted by Crippen LogP contribution is -2.19. The van der Waals surface area contributed by atoms with Gasteiger partial charge in [-0.3, -0.25) is 9.59 Å². The van der Waals surface area contributed by atoms with Crippen molar-refractivity contribution in [1.82, 2.24) is 15.3 Å². The molecular weight excluding hydrogens is 316 g/mol. The minimum absolute atomic E-state index is 0.000980. The predicted molar refractivity (Wildman–Crippen MR) is 96.3 cm³/mol. The van der Waals surface area contributed by atoms with Crippen molar-refractivity contribution in [2.24, 2.45) is 5.92 Å².